The monoisotopic (exact) mass is 291 g/mol. The highest BCUT2D eigenvalue weighted by Crippen LogP contribution is 2.22. The number of hydrogen-bond acceptors (Lipinski definition) is 5. The van der Waals surface area contributed by atoms with Crippen LogP contribution in [0, 0.1) is 6.92 Å². The highest BCUT2D eigenvalue weighted by molar-refractivity contribution is 7.88. The van der Waals surface area contributed by atoms with E-state index in [1.54, 1.807) is 6.07 Å². The Morgan fingerprint density at radius 3 is 2.61 bits per heavy atom. The Hall–Kier alpha value is -1.12. The van der Waals surface area contributed by atoms with E-state index in [0.717, 1.165) is 11.1 Å². The highest BCUT2D eigenvalue weighted by atomic mass is 32.2. The summed E-state index contributed by atoms with van der Waals surface area (Å²) >= 11 is 1.34. The van der Waals surface area contributed by atoms with E-state index in [1.165, 1.54) is 11.3 Å². The predicted molar refractivity (Wildman–Crippen MR) is 73.3 cm³/mol. The molecule has 0 spiro atoms. The summed E-state index contributed by atoms with van der Waals surface area (Å²) in [6.07, 6.45) is 1.64. The number of carbonyl (C=O) groups excluding carboxylic acids is 1. The molecule has 0 aliphatic rings. The minimum Gasteiger partial charge on any atom is -0.398 e. The van der Waals surface area contributed by atoms with Gasteiger partial charge in [-0.1, -0.05) is 0 Å². The molecule has 0 bridgehead atoms. The topological polar surface area (TPSA) is 101 Å². The maximum Gasteiger partial charge on any atom is 0.261 e. The van der Waals surface area contributed by atoms with Gasteiger partial charge in [-0.25, -0.2) is 13.1 Å². The van der Waals surface area contributed by atoms with Crippen molar-refractivity contribution in [2.45, 2.75) is 13.3 Å². The largest absolute Gasteiger partial charge is 0.398 e. The molecule has 1 aromatic rings. The Morgan fingerprint density at radius 1 is 1.44 bits per heavy atom. The van der Waals surface area contributed by atoms with Gasteiger partial charge in [0.05, 0.1) is 11.1 Å². The molecule has 1 amide bonds. The standard InChI is InChI=1S/C10H17N3O3S2/c1-7-8(11)6-9(17-7)10(14)12-4-3-5-13-18(2,15)16/h6,13H,3-5,11H2,1-2H3,(H,12,14). The maximum atomic E-state index is 11.7. The molecule has 0 aliphatic carbocycles. The number of nitrogens with two attached hydrogens (primary N) is 1. The molecule has 8 heteroatoms. The molecule has 0 radical (unpaired) electrons. The molecule has 0 atom stereocenters. The number of aryl methyl sites for hydroxylation is 1. The van der Waals surface area contributed by atoms with Crippen molar-refractivity contribution in [3.05, 3.63) is 15.8 Å². The van der Waals surface area contributed by atoms with Gasteiger partial charge in [0.1, 0.15) is 0 Å². The van der Waals surface area contributed by atoms with Crippen LogP contribution >= 0.6 is 11.3 Å². The van der Waals surface area contributed by atoms with Gasteiger partial charge < -0.3 is 11.1 Å². The quantitative estimate of drug-likeness (QED) is 0.656. The van der Waals surface area contributed by atoms with Crippen LogP contribution in [0.4, 0.5) is 5.69 Å². The van der Waals surface area contributed by atoms with Crippen LogP contribution in [0.3, 0.4) is 0 Å². The number of hydrogen-bond donors (Lipinski definition) is 3. The second kappa shape index (κ2) is 6.17. The minimum absolute atomic E-state index is 0.181. The van der Waals surface area contributed by atoms with Crippen molar-refractivity contribution in [2.24, 2.45) is 0 Å². The Bertz CT molecular complexity index is 503. The SMILES string of the molecule is Cc1sc(C(=O)NCCCNS(C)(=O)=O)cc1N. The molecule has 0 unspecified atom stereocenters. The van der Waals surface area contributed by atoms with E-state index in [-0.39, 0.29) is 5.91 Å². The lowest BCUT2D eigenvalue weighted by Gasteiger charge is -2.04. The van der Waals surface area contributed by atoms with Crippen LogP contribution in [0.15, 0.2) is 6.07 Å². The van der Waals surface area contributed by atoms with Crippen molar-refractivity contribution in [3.63, 3.8) is 0 Å². The van der Waals surface area contributed by atoms with Crippen molar-refractivity contribution in [1.29, 1.82) is 0 Å². The first-order valence-corrected chi connectivity index (χ1v) is 8.09. The summed E-state index contributed by atoms with van der Waals surface area (Å²) in [5, 5.41) is 2.71. The summed E-state index contributed by atoms with van der Waals surface area (Å²) in [6, 6.07) is 1.64. The fourth-order valence-electron chi connectivity index (χ4n) is 1.24. The first-order chi connectivity index (χ1) is 8.29. The summed E-state index contributed by atoms with van der Waals surface area (Å²) in [7, 11) is -3.16. The maximum absolute atomic E-state index is 11.7. The van der Waals surface area contributed by atoms with E-state index in [4.69, 9.17) is 5.73 Å². The van der Waals surface area contributed by atoms with Crippen LogP contribution in [-0.4, -0.2) is 33.7 Å². The Morgan fingerprint density at radius 2 is 2.11 bits per heavy atom. The van der Waals surface area contributed by atoms with Gasteiger partial charge in [-0.15, -0.1) is 11.3 Å². The summed E-state index contributed by atoms with van der Waals surface area (Å²) < 4.78 is 23.9. The van der Waals surface area contributed by atoms with E-state index >= 15 is 0 Å². The number of anilines is 1. The molecule has 1 heterocycles. The van der Waals surface area contributed by atoms with Gasteiger partial charge in [0.2, 0.25) is 10.0 Å². The first kappa shape index (κ1) is 14.9. The number of thiophene rings is 1. The van der Waals surface area contributed by atoms with Crippen LogP contribution in [0.25, 0.3) is 0 Å². The number of amides is 1. The Balaban J connectivity index is 2.30. The van der Waals surface area contributed by atoms with Crippen molar-refractivity contribution in [1.82, 2.24) is 10.0 Å². The molecule has 0 saturated carbocycles. The Labute approximate surface area is 111 Å². The number of rotatable bonds is 6. The zero-order valence-electron chi connectivity index (χ0n) is 10.3. The van der Waals surface area contributed by atoms with Crippen LogP contribution in [-0.2, 0) is 10.0 Å². The molecule has 4 N–H and O–H groups in total. The fourth-order valence-corrected chi connectivity index (χ4v) is 2.62. The lowest BCUT2D eigenvalue weighted by atomic mass is 10.3. The molecule has 6 nitrogen and oxygen atoms in total. The summed E-state index contributed by atoms with van der Waals surface area (Å²) in [5.41, 5.74) is 6.27. The predicted octanol–water partition coefficient (Wildman–Crippen LogP) is 0.308. The minimum atomic E-state index is -3.16. The van der Waals surface area contributed by atoms with Crippen molar-refractivity contribution < 1.29 is 13.2 Å². The fraction of sp³-hybridized carbons (Fsp3) is 0.500. The van der Waals surface area contributed by atoms with Gasteiger partial charge in [0.15, 0.2) is 0 Å². The zero-order chi connectivity index (χ0) is 13.8. The zero-order valence-corrected chi connectivity index (χ0v) is 12.0. The van der Waals surface area contributed by atoms with Gasteiger partial charge in [0, 0.05) is 23.7 Å². The molecule has 1 rings (SSSR count). The average Bonchev–Trinajstić information content (AvgIpc) is 2.57. The van der Waals surface area contributed by atoms with Crippen molar-refractivity contribution in [3.8, 4) is 0 Å². The molecule has 18 heavy (non-hydrogen) atoms. The third-order valence-corrected chi connectivity index (χ3v) is 3.98. The molecule has 0 aromatic carbocycles. The van der Waals surface area contributed by atoms with E-state index in [1.807, 2.05) is 6.92 Å². The number of nitrogen functional groups attached to an aromatic ring is 1. The second-order valence-corrected chi connectivity index (χ2v) is 6.99. The second-order valence-electron chi connectivity index (χ2n) is 3.90. The molecule has 102 valence electrons. The van der Waals surface area contributed by atoms with E-state index in [9.17, 15) is 13.2 Å². The number of nitrogens with one attached hydrogen (secondary N) is 2. The third kappa shape index (κ3) is 5.03. The lowest BCUT2D eigenvalue weighted by molar-refractivity contribution is 0.0957. The van der Waals surface area contributed by atoms with Gasteiger partial charge in [-0.3, -0.25) is 4.79 Å². The van der Waals surface area contributed by atoms with Gasteiger partial charge in [0.25, 0.3) is 5.91 Å². The van der Waals surface area contributed by atoms with Gasteiger partial charge in [-0.05, 0) is 19.4 Å². The van der Waals surface area contributed by atoms with Crippen LogP contribution in [0.2, 0.25) is 0 Å². The van der Waals surface area contributed by atoms with Gasteiger partial charge in [-0.2, -0.15) is 0 Å². The smallest absolute Gasteiger partial charge is 0.261 e. The normalized spacial score (nSPS) is 11.4. The van der Waals surface area contributed by atoms with Crippen LogP contribution in [0.1, 0.15) is 21.0 Å². The van der Waals surface area contributed by atoms with Crippen molar-refractivity contribution >= 4 is 33.0 Å². The molecular formula is C10H17N3O3S2. The van der Waals surface area contributed by atoms with E-state index < -0.39 is 10.0 Å². The summed E-state index contributed by atoms with van der Waals surface area (Å²) in [4.78, 5) is 13.2. The third-order valence-electron chi connectivity index (χ3n) is 2.18. The van der Waals surface area contributed by atoms with Gasteiger partial charge >= 0.3 is 0 Å². The lowest BCUT2D eigenvalue weighted by Crippen LogP contribution is -2.29. The summed E-state index contributed by atoms with van der Waals surface area (Å²) in [6.45, 7) is 2.58. The summed E-state index contributed by atoms with van der Waals surface area (Å²) in [5.74, 6) is -0.181. The number of sulfonamides is 1. The molecule has 0 aliphatic heterocycles. The van der Waals surface area contributed by atoms with Crippen molar-refractivity contribution in [2.75, 3.05) is 25.1 Å². The van der Waals surface area contributed by atoms with E-state index in [0.29, 0.717) is 30.1 Å². The molecule has 1 aromatic heterocycles. The Kier molecular flexibility index (Phi) is 5.12. The molecule has 0 saturated heterocycles. The average molecular weight is 291 g/mol. The first-order valence-electron chi connectivity index (χ1n) is 5.38. The molecule has 0 fully saturated rings. The highest BCUT2D eigenvalue weighted by Gasteiger charge is 2.10. The van der Waals surface area contributed by atoms with E-state index in [2.05, 4.69) is 10.0 Å². The van der Waals surface area contributed by atoms with Crippen LogP contribution < -0.4 is 15.8 Å². The molecular weight excluding hydrogens is 274 g/mol. The van der Waals surface area contributed by atoms with Crippen LogP contribution in [0.5, 0.6) is 0 Å². The number of carbonyl (C=O) groups is 1.